The fourth-order valence-electron chi connectivity index (χ4n) is 2.54. The Hall–Kier alpha value is -2.38. The molecule has 0 spiro atoms. The quantitative estimate of drug-likeness (QED) is 0.639. The molecule has 1 aromatic heterocycles. The van der Waals surface area contributed by atoms with Crippen molar-refractivity contribution >= 4 is 55.9 Å². The maximum atomic E-state index is 12.1. The Morgan fingerprint density at radius 2 is 1.56 bits per heavy atom. The van der Waals surface area contributed by atoms with Crippen molar-refractivity contribution in [2.75, 3.05) is 22.1 Å². The van der Waals surface area contributed by atoms with E-state index in [1.165, 1.54) is 23.1 Å². The zero-order valence-electron chi connectivity index (χ0n) is 15.5. The number of thioether (sulfide) groups is 1. The number of thiazole rings is 1. The van der Waals surface area contributed by atoms with Gasteiger partial charge in [0.2, 0.25) is 11.8 Å². The third-order valence-electron chi connectivity index (χ3n) is 3.99. The molecule has 0 saturated heterocycles. The molecule has 0 unspecified atom stereocenters. The van der Waals surface area contributed by atoms with Gasteiger partial charge in [-0.3, -0.25) is 9.59 Å². The van der Waals surface area contributed by atoms with Crippen LogP contribution in [0.1, 0.15) is 16.7 Å². The van der Waals surface area contributed by atoms with Crippen LogP contribution in [0.15, 0.2) is 36.4 Å². The van der Waals surface area contributed by atoms with Gasteiger partial charge >= 0.3 is 0 Å². The fraction of sp³-hybridized carbons (Fsp3) is 0.250. The summed E-state index contributed by atoms with van der Waals surface area (Å²) in [5.41, 5.74) is 5.07. The minimum Gasteiger partial charge on any atom is -0.325 e. The molecule has 0 bridgehead atoms. The van der Waals surface area contributed by atoms with E-state index in [1.54, 1.807) is 0 Å². The molecular formula is C20H21N3O2S2. The maximum Gasteiger partial charge on any atom is 0.236 e. The van der Waals surface area contributed by atoms with Crippen LogP contribution in [0.25, 0.3) is 10.2 Å². The molecule has 0 aliphatic heterocycles. The normalized spacial score (nSPS) is 10.8. The zero-order chi connectivity index (χ0) is 19.4. The number of carbonyl (C=O) groups is 2. The standard InChI is InChI=1S/C20H21N3O2S2/c1-12-4-8-15(9-5-12)21-16(24)10-26-11-17(25)22-20-23-18-13(2)6-7-14(3)19(18)27-20/h4-9H,10-11H2,1-3H3,(H,21,24)(H,22,23,25). The Labute approximate surface area is 166 Å². The molecule has 0 saturated carbocycles. The van der Waals surface area contributed by atoms with E-state index < -0.39 is 0 Å². The molecule has 3 rings (SSSR count). The summed E-state index contributed by atoms with van der Waals surface area (Å²) in [6.45, 7) is 6.04. The second kappa shape index (κ2) is 8.54. The second-order valence-electron chi connectivity index (χ2n) is 6.35. The van der Waals surface area contributed by atoms with Gasteiger partial charge in [0.05, 0.1) is 21.7 Å². The zero-order valence-corrected chi connectivity index (χ0v) is 17.1. The van der Waals surface area contributed by atoms with Gasteiger partial charge in [0.25, 0.3) is 0 Å². The number of nitrogens with zero attached hydrogens (tertiary/aromatic N) is 1. The van der Waals surface area contributed by atoms with Crippen molar-refractivity contribution in [1.82, 2.24) is 4.98 Å². The number of amides is 2. The van der Waals surface area contributed by atoms with E-state index in [0.29, 0.717) is 5.13 Å². The largest absolute Gasteiger partial charge is 0.325 e. The molecule has 0 aliphatic carbocycles. The first-order valence-corrected chi connectivity index (χ1v) is 10.5. The first kappa shape index (κ1) is 19.4. The minimum atomic E-state index is -0.155. The van der Waals surface area contributed by atoms with Crippen molar-refractivity contribution in [2.45, 2.75) is 20.8 Å². The smallest absolute Gasteiger partial charge is 0.236 e. The molecule has 2 N–H and O–H groups in total. The maximum absolute atomic E-state index is 12.1. The van der Waals surface area contributed by atoms with Crippen LogP contribution in [0.2, 0.25) is 0 Å². The Morgan fingerprint density at radius 1 is 0.926 bits per heavy atom. The summed E-state index contributed by atoms with van der Waals surface area (Å²) >= 11 is 2.75. The van der Waals surface area contributed by atoms with Crippen LogP contribution in [0.4, 0.5) is 10.8 Å². The van der Waals surface area contributed by atoms with E-state index in [0.717, 1.165) is 32.6 Å². The molecule has 0 aliphatic rings. The molecule has 2 amide bonds. The number of carbonyl (C=O) groups excluding carboxylic acids is 2. The highest BCUT2D eigenvalue weighted by molar-refractivity contribution is 8.00. The average molecular weight is 400 g/mol. The summed E-state index contributed by atoms with van der Waals surface area (Å²) in [6.07, 6.45) is 0. The Kier molecular flexibility index (Phi) is 6.13. The molecule has 7 heteroatoms. The highest BCUT2D eigenvalue weighted by atomic mass is 32.2. The molecule has 2 aromatic carbocycles. The van der Waals surface area contributed by atoms with E-state index in [1.807, 2.05) is 51.1 Å². The summed E-state index contributed by atoms with van der Waals surface area (Å²) in [7, 11) is 0. The number of fused-ring (bicyclic) bond motifs is 1. The molecule has 0 radical (unpaired) electrons. The van der Waals surface area contributed by atoms with Gasteiger partial charge in [0.1, 0.15) is 0 Å². The molecule has 3 aromatic rings. The predicted octanol–water partition coefficient (Wildman–Crippen LogP) is 4.53. The molecule has 140 valence electrons. The van der Waals surface area contributed by atoms with Crippen LogP contribution in [0.5, 0.6) is 0 Å². The lowest BCUT2D eigenvalue weighted by molar-refractivity contribution is -0.114. The van der Waals surface area contributed by atoms with Crippen molar-refractivity contribution < 1.29 is 9.59 Å². The average Bonchev–Trinajstić information content (AvgIpc) is 3.05. The number of anilines is 2. The Morgan fingerprint density at radius 3 is 2.22 bits per heavy atom. The summed E-state index contributed by atoms with van der Waals surface area (Å²) < 4.78 is 1.09. The minimum absolute atomic E-state index is 0.122. The fourth-order valence-corrected chi connectivity index (χ4v) is 4.18. The summed E-state index contributed by atoms with van der Waals surface area (Å²) in [6, 6.07) is 11.7. The summed E-state index contributed by atoms with van der Waals surface area (Å²) in [5, 5.41) is 6.25. The van der Waals surface area contributed by atoms with E-state index in [-0.39, 0.29) is 23.3 Å². The molecule has 5 nitrogen and oxygen atoms in total. The highest BCUT2D eigenvalue weighted by Crippen LogP contribution is 2.30. The van der Waals surface area contributed by atoms with E-state index in [9.17, 15) is 9.59 Å². The Balaban J connectivity index is 1.48. The molecule has 0 atom stereocenters. The third-order valence-corrected chi connectivity index (χ3v) is 6.03. The van der Waals surface area contributed by atoms with Gasteiger partial charge in [-0.2, -0.15) is 0 Å². The highest BCUT2D eigenvalue weighted by Gasteiger charge is 2.12. The van der Waals surface area contributed by atoms with Gasteiger partial charge in [-0.1, -0.05) is 41.2 Å². The lowest BCUT2D eigenvalue weighted by atomic mass is 10.1. The van der Waals surface area contributed by atoms with Gasteiger partial charge in [-0.05, 0) is 44.0 Å². The molecule has 1 heterocycles. The second-order valence-corrected chi connectivity index (χ2v) is 8.34. The van der Waals surface area contributed by atoms with Crippen molar-refractivity contribution in [3.8, 4) is 0 Å². The first-order chi connectivity index (χ1) is 12.9. The third kappa shape index (κ3) is 5.08. The van der Waals surface area contributed by atoms with Crippen LogP contribution in [0.3, 0.4) is 0 Å². The van der Waals surface area contributed by atoms with Gasteiger partial charge in [-0.25, -0.2) is 4.98 Å². The molecule has 0 fully saturated rings. The number of hydrogen-bond donors (Lipinski definition) is 2. The van der Waals surface area contributed by atoms with Gasteiger partial charge in [0, 0.05) is 5.69 Å². The van der Waals surface area contributed by atoms with E-state index in [4.69, 9.17) is 0 Å². The van der Waals surface area contributed by atoms with E-state index >= 15 is 0 Å². The van der Waals surface area contributed by atoms with Crippen LogP contribution < -0.4 is 10.6 Å². The number of benzene rings is 2. The number of nitrogens with one attached hydrogen (secondary N) is 2. The topological polar surface area (TPSA) is 71.1 Å². The van der Waals surface area contributed by atoms with Crippen molar-refractivity contribution in [1.29, 1.82) is 0 Å². The number of aromatic nitrogens is 1. The van der Waals surface area contributed by atoms with Crippen LogP contribution in [-0.4, -0.2) is 28.3 Å². The van der Waals surface area contributed by atoms with Gasteiger partial charge < -0.3 is 10.6 Å². The van der Waals surface area contributed by atoms with Gasteiger partial charge in [0.15, 0.2) is 5.13 Å². The summed E-state index contributed by atoms with van der Waals surface area (Å²) in [5.74, 6) is 0.148. The summed E-state index contributed by atoms with van der Waals surface area (Å²) in [4.78, 5) is 28.6. The lowest BCUT2D eigenvalue weighted by Crippen LogP contribution is -2.18. The SMILES string of the molecule is Cc1ccc(NC(=O)CSCC(=O)Nc2nc3c(C)ccc(C)c3s2)cc1. The predicted molar refractivity (Wildman–Crippen MR) is 115 cm³/mol. The van der Waals surface area contributed by atoms with Crippen LogP contribution >= 0.6 is 23.1 Å². The van der Waals surface area contributed by atoms with Gasteiger partial charge in [-0.15, -0.1) is 11.8 Å². The van der Waals surface area contributed by atoms with E-state index in [2.05, 4.69) is 21.7 Å². The van der Waals surface area contributed by atoms with Crippen LogP contribution in [0, 0.1) is 20.8 Å². The Bertz CT molecular complexity index is 942. The number of aryl methyl sites for hydroxylation is 3. The van der Waals surface area contributed by atoms with Crippen molar-refractivity contribution in [2.24, 2.45) is 0 Å². The monoisotopic (exact) mass is 399 g/mol. The van der Waals surface area contributed by atoms with Crippen LogP contribution in [-0.2, 0) is 9.59 Å². The number of rotatable bonds is 6. The van der Waals surface area contributed by atoms with Crippen molar-refractivity contribution in [3.63, 3.8) is 0 Å². The number of hydrogen-bond acceptors (Lipinski definition) is 5. The van der Waals surface area contributed by atoms with Crippen molar-refractivity contribution in [3.05, 3.63) is 53.1 Å². The molecule has 27 heavy (non-hydrogen) atoms. The first-order valence-electron chi connectivity index (χ1n) is 8.53. The molecular weight excluding hydrogens is 378 g/mol. The lowest BCUT2D eigenvalue weighted by Gasteiger charge is -2.05.